The number of ketones is 1. The van der Waals surface area contributed by atoms with Gasteiger partial charge in [0.25, 0.3) is 0 Å². The van der Waals surface area contributed by atoms with Gasteiger partial charge in [-0.2, -0.15) is 0 Å². The van der Waals surface area contributed by atoms with Gasteiger partial charge < -0.3 is 5.11 Å². The Morgan fingerprint density at radius 2 is 1.75 bits per heavy atom. The third-order valence-electron chi connectivity index (χ3n) is 2.68. The molecule has 2 atom stereocenters. The molecule has 0 aliphatic heterocycles. The second kappa shape index (κ2) is 2.36. The van der Waals surface area contributed by atoms with Gasteiger partial charge in [0.2, 0.25) is 5.78 Å². The molecule has 0 aromatic rings. The average Bonchev–Trinajstić information content (AvgIpc) is 2.34. The first-order chi connectivity index (χ1) is 5.26. The summed E-state index contributed by atoms with van der Waals surface area (Å²) < 4.78 is -1.22. The van der Waals surface area contributed by atoms with Gasteiger partial charge in [0.15, 0.2) is 0 Å². The lowest BCUT2D eigenvalue weighted by Crippen LogP contribution is -2.26. The molecule has 1 N–H and O–H groups in total. The van der Waals surface area contributed by atoms with Gasteiger partial charge in [0, 0.05) is 5.92 Å². The molecular formula is C7H8Cl2O3. The highest BCUT2D eigenvalue weighted by Crippen LogP contribution is 2.69. The number of alkyl halides is 2. The Bertz CT molecular complexity index is 261. The third kappa shape index (κ3) is 0.896. The Labute approximate surface area is 79.6 Å². The van der Waals surface area contributed by atoms with Crippen LogP contribution in [0.15, 0.2) is 0 Å². The molecule has 0 aromatic carbocycles. The number of rotatable bonds is 2. The smallest absolute Gasteiger partial charge is 0.372 e. The van der Waals surface area contributed by atoms with Crippen LogP contribution in [-0.2, 0) is 9.59 Å². The summed E-state index contributed by atoms with van der Waals surface area (Å²) in [4.78, 5) is 21.4. The molecule has 68 valence electrons. The van der Waals surface area contributed by atoms with Gasteiger partial charge in [0.1, 0.15) is 4.33 Å². The van der Waals surface area contributed by atoms with Crippen molar-refractivity contribution in [3.8, 4) is 0 Å². The van der Waals surface area contributed by atoms with E-state index in [0.717, 1.165) is 0 Å². The number of halogens is 2. The fourth-order valence-corrected chi connectivity index (χ4v) is 2.13. The first-order valence-corrected chi connectivity index (χ1v) is 4.17. The van der Waals surface area contributed by atoms with Crippen LogP contribution in [0.2, 0.25) is 0 Å². The average molecular weight is 211 g/mol. The van der Waals surface area contributed by atoms with E-state index in [0.29, 0.717) is 0 Å². The SMILES string of the molecule is CC1C(Cl)(Cl)C1(C)C(=O)C(=O)O. The van der Waals surface area contributed by atoms with E-state index in [1.807, 2.05) is 0 Å². The summed E-state index contributed by atoms with van der Waals surface area (Å²) in [6.45, 7) is 3.12. The van der Waals surface area contributed by atoms with Gasteiger partial charge in [-0.25, -0.2) is 4.79 Å². The minimum absolute atomic E-state index is 0.308. The van der Waals surface area contributed by atoms with E-state index in [1.54, 1.807) is 6.92 Å². The van der Waals surface area contributed by atoms with E-state index in [2.05, 4.69) is 0 Å². The van der Waals surface area contributed by atoms with Gasteiger partial charge in [-0.1, -0.05) is 6.92 Å². The van der Waals surface area contributed by atoms with Crippen molar-refractivity contribution in [3.05, 3.63) is 0 Å². The van der Waals surface area contributed by atoms with Crippen molar-refractivity contribution in [1.82, 2.24) is 0 Å². The number of carboxylic acid groups (broad SMARTS) is 1. The lowest BCUT2D eigenvalue weighted by Gasteiger charge is -2.05. The molecule has 1 rings (SSSR count). The molecule has 0 radical (unpaired) electrons. The van der Waals surface area contributed by atoms with Gasteiger partial charge in [-0.05, 0) is 6.92 Å². The highest BCUT2D eigenvalue weighted by molar-refractivity contribution is 6.56. The van der Waals surface area contributed by atoms with E-state index in [9.17, 15) is 9.59 Å². The number of aliphatic carboxylic acids is 1. The van der Waals surface area contributed by atoms with Crippen molar-refractivity contribution in [3.63, 3.8) is 0 Å². The predicted molar refractivity (Wildman–Crippen MR) is 44.4 cm³/mol. The summed E-state index contributed by atoms with van der Waals surface area (Å²) in [6, 6.07) is 0. The lowest BCUT2D eigenvalue weighted by molar-refractivity contribution is -0.151. The Morgan fingerprint density at radius 1 is 1.42 bits per heavy atom. The molecule has 5 heteroatoms. The summed E-state index contributed by atoms with van der Waals surface area (Å²) in [6.07, 6.45) is 0. The molecule has 0 aromatic heterocycles. The maximum atomic E-state index is 11.1. The van der Waals surface area contributed by atoms with Crippen molar-refractivity contribution in [2.75, 3.05) is 0 Å². The van der Waals surface area contributed by atoms with E-state index in [4.69, 9.17) is 28.3 Å². The normalized spacial score (nSPS) is 37.5. The topological polar surface area (TPSA) is 54.4 Å². The summed E-state index contributed by atoms with van der Waals surface area (Å²) >= 11 is 11.4. The Kier molecular flexibility index (Phi) is 1.93. The van der Waals surface area contributed by atoms with Crippen LogP contribution in [0.1, 0.15) is 13.8 Å². The summed E-state index contributed by atoms with van der Waals surface area (Å²) in [7, 11) is 0. The molecule has 0 bridgehead atoms. The molecular weight excluding hydrogens is 203 g/mol. The highest BCUT2D eigenvalue weighted by Gasteiger charge is 2.75. The zero-order chi connectivity index (χ0) is 9.73. The van der Waals surface area contributed by atoms with Crippen LogP contribution in [0.3, 0.4) is 0 Å². The molecule has 0 heterocycles. The van der Waals surface area contributed by atoms with Gasteiger partial charge in [-0.3, -0.25) is 4.79 Å². The van der Waals surface area contributed by atoms with Crippen LogP contribution < -0.4 is 0 Å². The Hall–Kier alpha value is -0.280. The van der Waals surface area contributed by atoms with Gasteiger partial charge in [-0.15, -0.1) is 23.2 Å². The molecule has 2 unspecified atom stereocenters. The fraction of sp³-hybridized carbons (Fsp3) is 0.714. The first-order valence-electron chi connectivity index (χ1n) is 3.41. The Balaban J connectivity index is 2.93. The molecule has 3 nitrogen and oxygen atoms in total. The number of carbonyl (C=O) groups excluding carboxylic acids is 1. The minimum Gasteiger partial charge on any atom is -0.475 e. The monoisotopic (exact) mass is 210 g/mol. The van der Waals surface area contributed by atoms with Crippen molar-refractivity contribution >= 4 is 35.0 Å². The third-order valence-corrected chi connectivity index (χ3v) is 4.12. The number of carboxylic acids is 1. The largest absolute Gasteiger partial charge is 0.475 e. The zero-order valence-corrected chi connectivity index (χ0v) is 8.11. The van der Waals surface area contributed by atoms with Gasteiger partial charge >= 0.3 is 5.97 Å². The molecule has 1 fully saturated rings. The van der Waals surface area contributed by atoms with E-state index in [-0.39, 0.29) is 5.92 Å². The van der Waals surface area contributed by atoms with Crippen molar-refractivity contribution in [2.24, 2.45) is 11.3 Å². The molecule has 0 spiro atoms. The second-order valence-corrected chi connectivity index (χ2v) is 4.57. The number of Topliss-reactive ketones (excluding diaryl/α,β-unsaturated/α-hetero) is 1. The molecule has 12 heavy (non-hydrogen) atoms. The molecule has 1 saturated carbocycles. The van der Waals surface area contributed by atoms with Crippen LogP contribution in [0.25, 0.3) is 0 Å². The van der Waals surface area contributed by atoms with Crippen molar-refractivity contribution in [2.45, 2.75) is 18.2 Å². The van der Waals surface area contributed by atoms with E-state index in [1.165, 1.54) is 6.92 Å². The van der Waals surface area contributed by atoms with E-state index < -0.39 is 21.5 Å². The molecule has 1 aliphatic rings. The lowest BCUT2D eigenvalue weighted by atomic mass is 10.0. The predicted octanol–water partition coefficient (Wildman–Crippen LogP) is 1.47. The van der Waals surface area contributed by atoms with Crippen LogP contribution in [-0.4, -0.2) is 21.2 Å². The summed E-state index contributed by atoms with van der Waals surface area (Å²) in [5.74, 6) is -2.70. The Morgan fingerprint density at radius 3 is 1.83 bits per heavy atom. The number of hydrogen-bond donors (Lipinski definition) is 1. The molecule has 0 amide bonds. The summed E-state index contributed by atoms with van der Waals surface area (Å²) in [5, 5.41) is 8.44. The maximum Gasteiger partial charge on any atom is 0.372 e. The maximum absolute atomic E-state index is 11.1. The zero-order valence-electron chi connectivity index (χ0n) is 6.60. The van der Waals surface area contributed by atoms with Crippen LogP contribution in [0, 0.1) is 11.3 Å². The van der Waals surface area contributed by atoms with E-state index >= 15 is 0 Å². The van der Waals surface area contributed by atoms with Crippen molar-refractivity contribution < 1.29 is 14.7 Å². The fourth-order valence-electron chi connectivity index (χ4n) is 1.31. The van der Waals surface area contributed by atoms with Gasteiger partial charge in [0.05, 0.1) is 5.41 Å². The molecule has 1 aliphatic carbocycles. The number of hydrogen-bond acceptors (Lipinski definition) is 2. The second-order valence-electron chi connectivity index (χ2n) is 3.18. The van der Waals surface area contributed by atoms with Crippen LogP contribution in [0.4, 0.5) is 0 Å². The van der Waals surface area contributed by atoms with Crippen LogP contribution >= 0.6 is 23.2 Å². The molecule has 0 saturated heterocycles. The standard InChI is InChI=1S/C7H8Cl2O3/c1-3-6(2,7(3,8)9)4(10)5(11)12/h3H,1-2H3,(H,11,12). The summed E-state index contributed by atoms with van der Waals surface area (Å²) in [5.41, 5.74) is -1.12. The minimum atomic E-state index is -1.48. The van der Waals surface area contributed by atoms with Crippen molar-refractivity contribution in [1.29, 1.82) is 0 Å². The highest BCUT2D eigenvalue weighted by atomic mass is 35.5. The number of carbonyl (C=O) groups is 2. The van der Waals surface area contributed by atoms with Crippen LogP contribution in [0.5, 0.6) is 0 Å². The quantitative estimate of drug-likeness (QED) is 0.555. The first kappa shape index (κ1) is 9.81.